The molecule has 4 aromatic rings. The second-order valence-corrected chi connectivity index (χ2v) is 9.76. The average Bonchev–Trinajstić information content (AvgIpc) is 3.30. The van der Waals surface area contributed by atoms with Crippen LogP contribution in [0.25, 0.3) is 22.1 Å². The Balaban J connectivity index is 1.47. The summed E-state index contributed by atoms with van der Waals surface area (Å²) in [5.41, 5.74) is 5.19. The van der Waals surface area contributed by atoms with Crippen LogP contribution in [-0.4, -0.2) is 54.9 Å². The van der Waals surface area contributed by atoms with Gasteiger partial charge < -0.3 is 9.47 Å². The number of hydrogen-bond donors (Lipinski definition) is 0. The number of piperazine rings is 1. The molecule has 3 aromatic heterocycles. The predicted molar refractivity (Wildman–Crippen MR) is 139 cm³/mol. The molecule has 1 fully saturated rings. The molecule has 5 rings (SSSR count). The van der Waals surface area contributed by atoms with Gasteiger partial charge in [0.2, 0.25) is 0 Å². The predicted octanol–water partition coefficient (Wildman–Crippen LogP) is 3.63. The van der Waals surface area contributed by atoms with Crippen LogP contribution in [-0.2, 0) is 13.6 Å². The zero-order chi connectivity index (χ0) is 24.7. The van der Waals surface area contributed by atoms with Crippen LogP contribution in [0.3, 0.4) is 0 Å². The molecule has 0 bridgehead atoms. The van der Waals surface area contributed by atoms with Crippen molar-refractivity contribution in [3.63, 3.8) is 0 Å². The van der Waals surface area contributed by atoms with Crippen molar-refractivity contribution in [2.45, 2.75) is 38.9 Å². The number of hydrogen-bond acceptors (Lipinski definition) is 7. The molecule has 10 heteroatoms. The fourth-order valence-corrected chi connectivity index (χ4v) is 5.81. The van der Waals surface area contributed by atoms with Gasteiger partial charge in [-0.25, -0.2) is 0 Å². The molecular weight excluding hydrogens is 508 g/mol. The van der Waals surface area contributed by atoms with E-state index in [1.54, 1.807) is 34.9 Å². The van der Waals surface area contributed by atoms with Gasteiger partial charge in [-0.2, -0.15) is 10.4 Å². The van der Waals surface area contributed by atoms with Gasteiger partial charge in [-0.1, -0.05) is 13.0 Å². The van der Waals surface area contributed by atoms with Gasteiger partial charge in [-0.15, -0.1) is 0 Å². The van der Waals surface area contributed by atoms with Gasteiger partial charge in [0.25, 0.3) is 5.56 Å². The van der Waals surface area contributed by atoms with Gasteiger partial charge in [0.05, 0.1) is 34.5 Å². The van der Waals surface area contributed by atoms with Gasteiger partial charge in [0, 0.05) is 51.2 Å². The first kappa shape index (κ1) is 23.5. The molecule has 1 aliphatic rings. The topological polar surface area (TPSA) is 95.9 Å². The number of fused-ring (bicyclic) bond motifs is 2. The molecular formula is C25H27BrN8O. The normalized spacial score (nSPS) is 17.7. The molecule has 1 unspecified atom stereocenters. The number of rotatable bonds is 5. The first-order chi connectivity index (χ1) is 16.9. The number of nitrogens with zero attached hydrogens (tertiary/aromatic N) is 8. The van der Waals surface area contributed by atoms with Crippen LogP contribution >= 0.6 is 15.9 Å². The second kappa shape index (κ2) is 9.40. The van der Waals surface area contributed by atoms with Gasteiger partial charge >= 0.3 is 0 Å². The summed E-state index contributed by atoms with van der Waals surface area (Å²) in [4.78, 5) is 26.7. The van der Waals surface area contributed by atoms with Crippen molar-refractivity contribution < 1.29 is 0 Å². The summed E-state index contributed by atoms with van der Waals surface area (Å²) in [6, 6.07) is 8.95. The van der Waals surface area contributed by atoms with E-state index in [4.69, 9.17) is 5.26 Å². The summed E-state index contributed by atoms with van der Waals surface area (Å²) in [5, 5.41) is 13.8. The molecule has 0 amide bonds. The van der Waals surface area contributed by atoms with E-state index in [2.05, 4.69) is 72.8 Å². The van der Waals surface area contributed by atoms with Gasteiger partial charge in [0.15, 0.2) is 0 Å². The summed E-state index contributed by atoms with van der Waals surface area (Å²) in [5.74, 6) is 0. The molecule has 0 N–H and O–H groups in total. The zero-order valence-electron chi connectivity index (χ0n) is 20.0. The Labute approximate surface area is 211 Å². The Morgan fingerprint density at radius 1 is 1.23 bits per heavy atom. The highest BCUT2D eigenvalue weighted by Gasteiger charge is 2.32. The lowest BCUT2D eigenvalue weighted by Gasteiger charge is -2.45. The standard InChI is InChI=1S/C25H27BrN8O/c1-4-18-14-32(24-22(26)25(35)31(3)21-15-33(10-7-27)30-23(21)24)11-12-34(18)16(2)17-5-6-19-20(13-17)29-9-8-28-19/h5-6,8-9,13,15-16,18H,4,10-12,14H2,1-3H3/t16-,18?/m1/s1. The van der Waals surface area contributed by atoms with Crippen LogP contribution in [0.2, 0.25) is 0 Å². The first-order valence-electron chi connectivity index (χ1n) is 11.8. The monoisotopic (exact) mass is 534 g/mol. The minimum absolute atomic E-state index is 0.106. The van der Waals surface area contributed by atoms with Crippen LogP contribution in [0.4, 0.5) is 5.69 Å². The molecule has 4 heterocycles. The van der Waals surface area contributed by atoms with Crippen LogP contribution in [0.15, 0.2) is 46.1 Å². The number of aryl methyl sites for hydroxylation is 1. The SMILES string of the molecule is CCC1CN(c2c(Br)c(=O)n(C)c3cn(CC#N)nc23)CCN1[C@H](C)c1ccc2nccnc2c1. The third kappa shape index (κ3) is 4.09. The van der Waals surface area contributed by atoms with Crippen molar-refractivity contribution in [2.75, 3.05) is 24.5 Å². The number of anilines is 1. The highest BCUT2D eigenvalue weighted by molar-refractivity contribution is 9.10. The summed E-state index contributed by atoms with van der Waals surface area (Å²) < 4.78 is 3.69. The minimum atomic E-state index is -0.106. The maximum atomic E-state index is 13.0. The van der Waals surface area contributed by atoms with E-state index in [9.17, 15) is 4.79 Å². The fourth-order valence-electron chi connectivity index (χ4n) is 5.11. The Kier molecular flexibility index (Phi) is 6.30. The van der Waals surface area contributed by atoms with Crippen molar-refractivity contribution in [3.8, 4) is 6.07 Å². The van der Waals surface area contributed by atoms with Crippen molar-refractivity contribution >= 4 is 43.7 Å². The molecule has 0 radical (unpaired) electrons. The molecule has 180 valence electrons. The van der Waals surface area contributed by atoms with Gasteiger partial charge in [-0.3, -0.25) is 24.3 Å². The van der Waals surface area contributed by atoms with E-state index in [1.165, 1.54) is 5.56 Å². The molecule has 1 saturated heterocycles. The van der Waals surface area contributed by atoms with Crippen molar-refractivity contribution in [1.82, 2.24) is 29.2 Å². The molecule has 0 aliphatic carbocycles. The van der Waals surface area contributed by atoms with Crippen LogP contribution in [0.1, 0.15) is 31.9 Å². The molecule has 9 nitrogen and oxygen atoms in total. The third-order valence-corrected chi connectivity index (χ3v) is 7.76. The van der Waals surface area contributed by atoms with Gasteiger partial charge in [-0.05, 0) is 47.0 Å². The van der Waals surface area contributed by atoms with Crippen LogP contribution < -0.4 is 10.5 Å². The number of aromatic nitrogens is 5. The maximum absolute atomic E-state index is 13.0. The van der Waals surface area contributed by atoms with E-state index in [1.807, 2.05) is 6.07 Å². The maximum Gasteiger partial charge on any atom is 0.267 e. The Morgan fingerprint density at radius 2 is 2.00 bits per heavy atom. The van der Waals surface area contributed by atoms with Crippen molar-refractivity contribution in [3.05, 3.63) is 57.2 Å². The summed E-state index contributed by atoms with van der Waals surface area (Å²) in [6.07, 6.45) is 6.19. The first-order valence-corrected chi connectivity index (χ1v) is 12.6. The van der Waals surface area contributed by atoms with E-state index >= 15 is 0 Å². The largest absolute Gasteiger partial charge is 0.366 e. The lowest BCUT2D eigenvalue weighted by Crippen LogP contribution is -2.54. The molecule has 0 spiro atoms. The molecule has 0 saturated carbocycles. The summed E-state index contributed by atoms with van der Waals surface area (Å²) in [7, 11) is 1.74. The minimum Gasteiger partial charge on any atom is -0.366 e. The van der Waals surface area contributed by atoms with Crippen molar-refractivity contribution in [1.29, 1.82) is 5.26 Å². The third-order valence-electron chi connectivity index (χ3n) is 7.05. The van der Waals surface area contributed by atoms with E-state index < -0.39 is 0 Å². The second-order valence-electron chi connectivity index (χ2n) is 8.97. The quantitative estimate of drug-likeness (QED) is 0.385. The average molecular weight is 535 g/mol. The summed E-state index contributed by atoms with van der Waals surface area (Å²) in [6.45, 7) is 6.97. The highest BCUT2D eigenvalue weighted by Crippen LogP contribution is 2.35. The molecule has 2 atom stereocenters. The van der Waals surface area contributed by atoms with E-state index in [-0.39, 0.29) is 18.1 Å². The van der Waals surface area contributed by atoms with E-state index in [0.717, 1.165) is 53.8 Å². The van der Waals surface area contributed by atoms with Crippen LogP contribution in [0, 0.1) is 11.3 Å². The smallest absolute Gasteiger partial charge is 0.267 e. The fraction of sp³-hybridized carbons (Fsp3) is 0.400. The lowest BCUT2D eigenvalue weighted by atomic mass is 10.0. The number of benzene rings is 1. The Morgan fingerprint density at radius 3 is 2.74 bits per heavy atom. The van der Waals surface area contributed by atoms with E-state index in [0.29, 0.717) is 10.5 Å². The number of pyridine rings is 1. The Hall–Kier alpha value is -3.29. The molecule has 1 aliphatic heterocycles. The molecule has 35 heavy (non-hydrogen) atoms. The van der Waals surface area contributed by atoms with Crippen molar-refractivity contribution in [2.24, 2.45) is 7.05 Å². The summed E-state index contributed by atoms with van der Waals surface area (Å²) >= 11 is 3.57. The lowest BCUT2D eigenvalue weighted by molar-refractivity contribution is 0.124. The van der Waals surface area contributed by atoms with Crippen LogP contribution in [0.5, 0.6) is 0 Å². The Bertz CT molecular complexity index is 1500. The number of halogens is 1. The highest BCUT2D eigenvalue weighted by atomic mass is 79.9. The van der Waals surface area contributed by atoms with Gasteiger partial charge in [0.1, 0.15) is 16.5 Å². The number of nitriles is 1. The molecule has 1 aromatic carbocycles. The zero-order valence-corrected chi connectivity index (χ0v) is 21.6.